The van der Waals surface area contributed by atoms with Gasteiger partial charge in [-0.1, -0.05) is 38.8 Å². The number of anilines is 1. The van der Waals surface area contributed by atoms with Crippen LogP contribution >= 0.6 is 28.1 Å². The maximum absolute atomic E-state index is 12.6. The van der Waals surface area contributed by atoms with Crippen LogP contribution in [0.2, 0.25) is 0 Å². The van der Waals surface area contributed by atoms with Crippen LogP contribution in [0.4, 0.5) is 5.69 Å². The maximum atomic E-state index is 12.6. The third-order valence-electron chi connectivity index (χ3n) is 4.25. The highest BCUT2D eigenvalue weighted by atomic mass is 79.9. The number of carbonyl (C=O) groups is 1. The van der Waals surface area contributed by atoms with Gasteiger partial charge < -0.3 is 14.8 Å². The van der Waals surface area contributed by atoms with Gasteiger partial charge in [-0.15, -0.1) is 0 Å². The average molecular weight is 505 g/mol. The SMILES string of the molecule is C=C(C)COc1cccc(NC(=S)NC(=O)c2ccc(OCCCCCC)c(Br)c2)c1. The van der Waals surface area contributed by atoms with Crippen LogP contribution in [0.15, 0.2) is 59.1 Å². The Kier molecular flexibility index (Phi) is 10.5. The number of hydrogen-bond donors (Lipinski definition) is 2. The topological polar surface area (TPSA) is 59.6 Å². The highest BCUT2D eigenvalue weighted by Crippen LogP contribution is 2.26. The fourth-order valence-electron chi connectivity index (χ4n) is 2.68. The van der Waals surface area contributed by atoms with Gasteiger partial charge in [-0.2, -0.15) is 0 Å². The molecule has 0 fully saturated rings. The predicted octanol–water partition coefficient (Wildman–Crippen LogP) is 6.49. The van der Waals surface area contributed by atoms with E-state index in [1.54, 1.807) is 18.2 Å². The van der Waals surface area contributed by atoms with Crippen molar-refractivity contribution in [3.63, 3.8) is 0 Å². The molecule has 2 aromatic rings. The lowest BCUT2D eigenvalue weighted by atomic mass is 10.2. The second-order valence-electron chi connectivity index (χ2n) is 7.24. The van der Waals surface area contributed by atoms with Crippen molar-refractivity contribution in [2.24, 2.45) is 0 Å². The second kappa shape index (κ2) is 13.1. The summed E-state index contributed by atoms with van der Waals surface area (Å²) < 4.78 is 12.1. The summed E-state index contributed by atoms with van der Waals surface area (Å²) in [6.07, 6.45) is 4.58. The molecule has 7 heteroatoms. The zero-order valence-corrected chi connectivity index (χ0v) is 20.4. The van der Waals surface area contributed by atoms with Crippen molar-refractivity contribution in [3.8, 4) is 11.5 Å². The van der Waals surface area contributed by atoms with E-state index in [0.29, 0.717) is 24.5 Å². The minimum atomic E-state index is -0.303. The van der Waals surface area contributed by atoms with Crippen LogP contribution in [-0.4, -0.2) is 24.2 Å². The van der Waals surface area contributed by atoms with E-state index in [9.17, 15) is 4.79 Å². The Morgan fingerprint density at radius 3 is 2.65 bits per heavy atom. The second-order valence-corrected chi connectivity index (χ2v) is 8.50. The molecule has 0 aliphatic rings. The minimum Gasteiger partial charge on any atom is -0.492 e. The molecule has 0 saturated carbocycles. The molecule has 0 saturated heterocycles. The van der Waals surface area contributed by atoms with Crippen LogP contribution in [0, 0.1) is 0 Å². The maximum Gasteiger partial charge on any atom is 0.257 e. The normalized spacial score (nSPS) is 10.3. The number of halogens is 1. The quantitative estimate of drug-likeness (QED) is 0.208. The molecule has 0 aliphatic heterocycles. The van der Waals surface area contributed by atoms with Crippen LogP contribution in [-0.2, 0) is 0 Å². The monoisotopic (exact) mass is 504 g/mol. The van der Waals surface area contributed by atoms with Gasteiger partial charge in [0.25, 0.3) is 5.91 Å². The molecule has 0 aromatic heterocycles. The first-order chi connectivity index (χ1) is 14.9. The first kappa shape index (κ1) is 24.9. The van der Waals surface area contributed by atoms with E-state index in [4.69, 9.17) is 21.7 Å². The standard InChI is InChI=1S/C24H29BrN2O3S/c1-4-5-6-7-13-29-22-12-11-18(14-21(22)25)23(28)27-24(31)26-19-9-8-10-20(15-19)30-16-17(2)3/h8-12,14-15H,2,4-7,13,16H2,1,3H3,(H2,26,27,28,31). The lowest BCUT2D eigenvalue weighted by Gasteiger charge is -2.12. The number of benzene rings is 2. The zero-order chi connectivity index (χ0) is 22.6. The lowest BCUT2D eigenvalue weighted by molar-refractivity contribution is 0.0977. The van der Waals surface area contributed by atoms with Gasteiger partial charge in [0.2, 0.25) is 0 Å². The Morgan fingerprint density at radius 1 is 1.13 bits per heavy atom. The first-order valence-corrected chi connectivity index (χ1v) is 11.5. The van der Waals surface area contributed by atoms with Gasteiger partial charge in [0.15, 0.2) is 5.11 Å². The molecule has 0 atom stereocenters. The molecule has 0 radical (unpaired) electrons. The summed E-state index contributed by atoms with van der Waals surface area (Å²) in [5.41, 5.74) is 2.13. The largest absolute Gasteiger partial charge is 0.492 e. The fourth-order valence-corrected chi connectivity index (χ4v) is 3.38. The minimum absolute atomic E-state index is 0.203. The van der Waals surface area contributed by atoms with Crippen molar-refractivity contribution in [2.45, 2.75) is 39.5 Å². The molecule has 2 aromatic carbocycles. The molecule has 166 valence electrons. The van der Waals surface area contributed by atoms with Gasteiger partial charge in [-0.25, -0.2) is 0 Å². The summed E-state index contributed by atoms with van der Waals surface area (Å²) in [5.74, 6) is 1.11. The number of nitrogens with one attached hydrogen (secondary N) is 2. The molecule has 2 N–H and O–H groups in total. The van der Waals surface area contributed by atoms with Crippen molar-refractivity contribution in [3.05, 3.63) is 64.7 Å². The molecule has 2 rings (SSSR count). The summed E-state index contributed by atoms with van der Waals surface area (Å²) in [4.78, 5) is 12.6. The predicted molar refractivity (Wildman–Crippen MR) is 134 cm³/mol. The Hall–Kier alpha value is -2.38. The number of carbonyl (C=O) groups excluding carboxylic acids is 1. The molecule has 0 unspecified atom stereocenters. The van der Waals surface area contributed by atoms with Crippen LogP contribution < -0.4 is 20.1 Å². The van der Waals surface area contributed by atoms with Gasteiger partial charge in [0, 0.05) is 17.3 Å². The Morgan fingerprint density at radius 2 is 1.94 bits per heavy atom. The lowest BCUT2D eigenvalue weighted by Crippen LogP contribution is -2.34. The van der Waals surface area contributed by atoms with Gasteiger partial charge in [0.1, 0.15) is 18.1 Å². The Bertz CT molecular complexity index is 917. The molecule has 31 heavy (non-hydrogen) atoms. The molecule has 5 nitrogen and oxygen atoms in total. The third kappa shape index (κ3) is 9.11. The zero-order valence-electron chi connectivity index (χ0n) is 18.0. The van der Waals surface area contributed by atoms with E-state index < -0.39 is 0 Å². The van der Waals surface area contributed by atoms with E-state index in [2.05, 4.69) is 40.1 Å². The highest BCUT2D eigenvalue weighted by Gasteiger charge is 2.11. The Balaban J connectivity index is 1.88. The molecular weight excluding hydrogens is 476 g/mol. The smallest absolute Gasteiger partial charge is 0.257 e. The van der Waals surface area contributed by atoms with Crippen molar-refractivity contribution < 1.29 is 14.3 Å². The summed E-state index contributed by atoms with van der Waals surface area (Å²) in [6, 6.07) is 12.6. The van der Waals surface area contributed by atoms with Gasteiger partial charge >= 0.3 is 0 Å². The molecule has 0 spiro atoms. The van der Waals surface area contributed by atoms with Crippen LogP contribution in [0.5, 0.6) is 11.5 Å². The van der Waals surface area contributed by atoms with Gasteiger partial charge in [-0.05, 0) is 77.4 Å². The van der Waals surface area contributed by atoms with Crippen molar-refractivity contribution >= 4 is 44.9 Å². The number of ether oxygens (including phenoxy) is 2. The summed E-state index contributed by atoms with van der Waals surface area (Å²) in [5, 5.41) is 5.90. The highest BCUT2D eigenvalue weighted by molar-refractivity contribution is 9.10. The number of amides is 1. The molecular formula is C24H29BrN2O3S. The van der Waals surface area contributed by atoms with Gasteiger partial charge in [0.05, 0.1) is 11.1 Å². The van der Waals surface area contributed by atoms with E-state index >= 15 is 0 Å². The molecule has 0 heterocycles. The number of hydrogen-bond acceptors (Lipinski definition) is 4. The van der Waals surface area contributed by atoms with Crippen molar-refractivity contribution in [1.29, 1.82) is 0 Å². The van der Waals surface area contributed by atoms with Crippen molar-refractivity contribution in [1.82, 2.24) is 5.32 Å². The first-order valence-electron chi connectivity index (χ1n) is 10.3. The number of unbranched alkanes of at least 4 members (excludes halogenated alkanes) is 3. The summed E-state index contributed by atoms with van der Waals surface area (Å²) in [6.45, 7) is 9.00. The van der Waals surface area contributed by atoms with E-state index in [1.807, 2.05) is 31.2 Å². The Labute approximate surface area is 198 Å². The fraction of sp³-hybridized carbons (Fsp3) is 0.333. The molecule has 0 aliphatic carbocycles. The number of thiocarbonyl (C=S) groups is 1. The molecule has 0 bridgehead atoms. The summed E-state index contributed by atoms with van der Waals surface area (Å²) in [7, 11) is 0. The van der Waals surface area contributed by atoms with Crippen LogP contribution in [0.3, 0.4) is 0 Å². The van der Waals surface area contributed by atoms with E-state index in [1.165, 1.54) is 12.8 Å². The molecule has 1 amide bonds. The van der Waals surface area contributed by atoms with Gasteiger partial charge in [-0.3, -0.25) is 10.1 Å². The average Bonchev–Trinajstić information content (AvgIpc) is 2.73. The summed E-state index contributed by atoms with van der Waals surface area (Å²) >= 11 is 8.76. The number of rotatable bonds is 11. The van der Waals surface area contributed by atoms with E-state index in [-0.39, 0.29) is 11.0 Å². The van der Waals surface area contributed by atoms with E-state index in [0.717, 1.165) is 34.3 Å². The van der Waals surface area contributed by atoms with Crippen LogP contribution in [0.1, 0.15) is 49.9 Å². The van der Waals surface area contributed by atoms with Crippen molar-refractivity contribution in [2.75, 3.05) is 18.5 Å². The third-order valence-corrected chi connectivity index (χ3v) is 5.08. The van der Waals surface area contributed by atoms with Crippen LogP contribution in [0.25, 0.3) is 0 Å².